The molecule has 108 valence electrons. The topological polar surface area (TPSA) is 50.1 Å². The molecule has 4 nitrogen and oxygen atoms in total. The van der Waals surface area contributed by atoms with Crippen molar-refractivity contribution >= 4 is 0 Å². The van der Waals surface area contributed by atoms with Gasteiger partial charge in [-0.3, -0.25) is 4.68 Å². The molecule has 0 saturated carbocycles. The van der Waals surface area contributed by atoms with Crippen molar-refractivity contribution in [3.8, 4) is 5.75 Å². The largest absolute Gasteiger partial charge is 0.508 e. The Balaban J connectivity index is 1.95. The third kappa shape index (κ3) is 3.39. The Bertz CT molecular complexity index is 560. The van der Waals surface area contributed by atoms with Crippen molar-refractivity contribution in [2.24, 2.45) is 7.05 Å². The molecule has 1 heterocycles. The first-order chi connectivity index (χ1) is 9.47. The second kappa shape index (κ2) is 6.09. The number of nitrogens with zero attached hydrogens (tertiary/aromatic N) is 2. The predicted molar refractivity (Wildman–Crippen MR) is 80.8 cm³/mol. The number of aromatic nitrogens is 2. The van der Waals surface area contributed by atoms with Gasteiger partial charge in [-0.05, 0) is 44.9 Å². The predicted octanol–water partition coefficient (Wildman–Crippen LogP) is 2.72. The van der Waals surface area contributed by atoms with Gasteiger partial charge < -0.3 is 10.4 Å². The number of hydrogen-bond acceptors (Lipinski definition) is 3. The van der Waals surface area contributed by atoms with E-state index in [0.717, 1.165) is 6.42 Å². The van der Waals surface area contributed by atoms with Gasteiger partial charge in [0.25, 0.3) is 0 Å². The van der Waals surface area contributed by atoms with Crippen LogP contribution in [-0.4, -0.2) is 20.9 Å². The molecule has 2 atom stereocenters. The van der Waals surface area contributed by atoms with Crippen LogP contribution in [0.4, 0.5) is 0 Å². The van der Waals surface area contributed by atoms with E-state index in [4.69, 9.17) is 0 Å². The Kier molecular flexibility index (Phi) is 4.45. The molecule has 0 aliphatic rings. The van der Waals surface area contributed by atoms with Crippen LogP contribution >= 0.6 is 0 Å². The highest BCUT2D eigenvalue weighted by Gasteiger charge is 2.14. The highest BCUT2D eigenvalue weighted by Crippen LogP contribution is 2.18. The van der Waals surface area contributed by atoms with Crippen molar-refractivity contribution in [1.29, 1.82) is 0 Å². The van der Waals surface area contributed by atoms with Gasteiger partial charge in [0.2, 0.25) is 0 Å². The fraction of sp³-hybridized carbons (Fsp3) is 0.438. The van der Waals surface area contributed by atoms with Crippen molar-refractivity contribution in [3.05, 3.63) is 47.3 Å². The maximum Gasteiger partial charge on any atom is 0.115 e. The smallest absolute Gasteiger partial charge is 0.115 e. The minimum Gasteiger partial charge on any atom is -0.508 e. The van der Waals surface area contributed by atoms with Crippen LogP contribution in [0, 0.1) is 6.92 Å². The summed E-state index contributed by atoms with van der Waals surface area (Å²) in [5.74, 6) is 0.314. The minimum atomic E-state index is 0.274. The molecule has 0 radical (unpaired) electrons. The Morgan fingerprint density at radius 1 is 1.25 bits per heavy atom. The van der Waals surface area contributed by atoms with Crippen molar-refractivity contribution in [2.45, 2.75) is 39.3 Å². The molecule has 0 aliphatic heterocycles. The molecule has 0 bridgehead atoms. The third-order valence-electron chi connectivity index (χ3n) is 3.75. The minimum absolute atomic E-state index is 0.274. The monoisotopic (exact) mass is 273 g/mol. The van der Waals surface area contributed by atoms with Gasteiger partial charge in [-0.15, -0.1) is 0 Å². The highest BCUT2D eigenvalue weighted by atomic mass is 16.3. The Morgan fingerprint density at radius 2 is 1.90 bits per heavy atom. The first-order valence-corrected chi connectivity index (χ1v) is 7.00. The molecule has 2 rings (SSSR count). The molecule has 0 saturated heterocycles. The normalized spacial score (nSPS) is 14.2. The van der Waals surface area contributed by atoms with Crippen LogP contribution in [0.2, 0.25) is 0 Å². The number of hydrogen-bond donors (Lipinski definition) is 2. The highest BCUT2D eigenvalue weighted by molar-refractivity contribution is 5.26. The maximum atomic E-state index is 9.29. The summed E-state index contributed by atoms with van der Waals surface area (Å²) < 4.78 is 1.90. The second-order valence-electron chi connectivity index (χ2n) is 5.47. The molecule has 4 heteroatoms. The molecule has 0 amide bonds. The van der Waals surface area contributed by atoms with Crippen LogP contribution in [0.1, 0.15) is 36.7 Å². The van der Waals surface area contributed by atoms with E-state index in [9.17, 15) is 5.11 Å². The van der Waals surface area contributed by atoms with E-state index < -0.39 is 0 Å². The van der Waals surface area contributed by atoms with Crippen LogP contribution in [-0.2, 0) is 13.5 Å². The average Bonchev–Trinajstić information content (AvgIpc) is 2.73. The quantitative estimate of drug-likeness (QED) is 0.880. The number of aromatic hydroxyl groups is 1. The molecule has 1 aromatic heterocycles. The zero-order chi connectivity index (χ0) is 14.7. The molecule has 2 N–H and O–H groups in total. The van der Waals surface area contributed by atoms with Gasteiger partial charge in [0.15, 0.2) is 0 Å². The second-order valence-corrected chi connectivity index (χ2v) is 5.47. The number of rotatable bonds is 5. The first-order valence-electron chi connectivity index (χ1n) is 7.00. The first kappa shape index (κ1) is 14.6. The summed E-state index contributed by atoms with van der Waals surface area (Å²) >= 11 is 0. The van der Waals surface area contributed by atoms with E-state index in [1.807, 2.05) is 30.1 Å². The molecule has 20 heavy (non-hydrogen) atoms. The van der Waals surface area contributed by atoms with E-state index in [2.05, 4.69) is 31.2 Å². The SMILES string of the molecule is Cc1c(C(C)NC(C)Cc2ccc(O)cc2)cnn1C. The van der Waals surface area contributed by atoms with Crippen molar-refractivity contribution in [1.82, 2.24) is 15.1 Å². The van der Waals surface area contributed by atoms with Gasteiger partial charge in [0.1, 0.15) is 5.75 Å². The van der Waals surface area contributed by atoms with Crippen molar-refractivity contribution < 1.29 is 5.11 Å². The Hall–Kier alpha value is -1.81. The van der Waals surface area contributed by atoms with E-state index in [-0.39, 0.29) is 6.04 Å². The van der Waals surface area contributed by atoms with Crippen LogP contribution in [0.25, 0.3) is 0 Å². The van der Waals surface area contributed by atoms with Gasteiger partial charge in [-0.25, -0.2) is 0 Å². The standard InChI is InChI=1S/C16H23N3O/c1-11(9-14-5-7-15(20)8-6-14)18-12(2)16-10-17-19(4)13(16)3/h5-8,10-12,18,20H,9H2,1-4H3. The lowest BCUT2D eigenvalue weighted by atomic mass is 10.0. The average molecular weight is 273 g/mol. The van der Waals surface area contributed by atoms with Gasteiger partial charge >= 0.3 is 0 Å². The molecular formula is C16H23N3O. The number of phenolic OH excluding ortho intramolecular Hbond substituents is 1. The van der Waals surface area contributed by atoms with Crippen LogP contribution in [0.15, 0.2) is 30.5 Å². The van der Waals surface area contributed by atoms with E-state index in [1.165, 1.54) is 16.8 Å². The van der Waals surface area contributed by atoms with E-state index >= 15 is 0 Å². The summed E-state index contributed by atoms with van der Waals surface area (Å²) in [5, 5.41) is 17.2. The summed E-state index contributed by atoms with van der Waals surface area (Å²) in [6, 6.07) is 8.03. The lowest BCUT2D eigenvalue weighted by Crippen LogP contribution is -2.30. The molecule has 0 spiro atoms. The molecule has 1 aromatic carbocycles. The van der Waals surface area contributed by atoms with Crippen molar-refractivity contribution in [2.75, 3.05) is 0 Å². The van der Waals surface area contributed by atoms with Crippen LogP contribution < -0.4 is 5.32 Å². The lowest BCUT2D eigenvalue weighted by Gasteiger charge is -2.20. The van der Waals surface area contributed by atoms with Gasteiger partial charge in [0, 0.05) is 30.4 Å². The molecule has 2 unspecified atom stereocenters. The molecular weight excluding hydrogens is 250 g/mol. The van der Waals surface area contributed by atoms with Crippen LogP contribution in [0.3, 0.4) is 0 Å². The summed E-state index contributed by atoms with van der Waals surface area (Å²) in [6.45, 7) is 6.43. The summed E-state index contributed by atoms with van der Waals surface area (Å²) in [4.78, 5) is 0. The number of phenols is 1. The zero-order valence-electron chi connectivity index (χ0n) is 12.6. The van der Waals surface area contributed by atoms with Gasteiger partial charge in [-0.2, -0.15) is 5.10 Å². The summed E-state index contributed by atoms with van der Waals surface area (Å²) in [7, 11) is 1.96. The zero-order valence-corrected chi connectivity index (χ0v) is 12.6. The Labute approximate surface area is 120 Å². The van der Waals surface area contributed by atoms with Gasteiger partial charge in [0.05, 0.1) is 6.20 Å². The number of nitrogens with one attached hydrogen (secondary N) is 1. The Morgan fingerprint density at radius 3 is 2.45 bits per heavy atom. The number of benzene rings is 1. The molecule has 2 aromatic rings. The molecule has 0 fully saturated rings. The van der Waals surface area contributed by atoms with E-state index in [0.29, 0.717) is 11.8 Å². The summed E-state index contributed by atoms with van der Waals surface area (Å²) in [6.07, 6.45) is 2.87. The van der Waals surface area contributed by atoms with Gasteiger partial charge in [-0.1, -0.05) is 12.1 Å². The lowest BCUT2D eigenvalue weighted by molar-refractivity contribution is 0.469. The number of aryl methyl sites for hydroxylation is 1. The van der Waals surface area contributed by atoms with E-state index in [1.54, 1.807) is 12.1 Å². The fourth-order valence-corrected chi connectivity index (χ4v) is 2.50. The fourth-order valence-electron chi connectivity index (χ4n) is 2.50. The molecule has 0 aliphatic carbocycles. The van der Waals surface area contributed by atoms with Crippen LogP contribution in [0.5, 0.6) is 5.75 Å². The summed E-state index contributed by atoms with van der Waals surface area (Å²) in [5.41, 5.74) is 3.66. The van der Waals surface area contributed by atoms with Crippen molar-refractivity contribution in [3.63, 3.8) is 0 Å². The third-order valence-corrected chi connectivity index (χ3v) is 3.75. The maximum absolute atomic E-state index is 9.29.